The Labute approximate surface area is 116 Å². The van der Waals surface area contributed by atoms with Crippen molar-refractivity contribution in [3.05, 3.63) is 68.7 Å². The van der Waals surface area contributed by atoms with E-state index in [-0.39, 0.29) is 5.69 Å². The van der Waals surface area contributed by atoms with Gasteiger partial charge in [-0.2, -0.15) is 0 Å². The Morgan fingerprint density at radius 3 is 2.74 bits per heavy atom. The van der Waals surface area contributed by atoms with Crippen LogP contribution < -0.4 is 5.32 Å². The highest BCUT2D eigenvalue weighted by Crippen LogP contribution is 2.23. The molecule has 98 valence electrons. The molecule has 0 atom stereocenters. The number of anilines is 1. The van der Waals surface area contributed by atoms with E-state index in [1.165, 1.54) is 12.1 Å². The minimum absolute atomic E-state index is 0.0737. The van der Waals surface area contributed by atoms with E-state index < -0.39 is 4.92 Å². The Kier molecular flexibility index (Phi) is 4.02. The van der Waals surface area contributed by atoms with Gasteiger partial charge in [0.25, 0.3) is 5.69 Å². The molecule has 0 unspecified atom stereocenters. The van der Waals surface area contributed by atoms with Crippen LogP contribution in [0.2, 0.25) is 5.02 Å². The molecule has 19 heavy (non-hydrogen) atoms. The number of halogens is 1. The van der Waals surface area contributed by atoms with Crippen molar-refractivity contribution < 1.29 is 4.92 Å². The molecule has 0 aromatic heterocycles. The first-order chi connectivity index (χ1) is 9.06. The van der Waals surface area contributed by atoms with Crippen LogP contribution in [-0.4, -0.2) is 4.92 Å². The largest absolute Gasteiger partial charge is 0.381 e. The molecule has 4 nitrogen and oxygen atoms in total. The molecule has 5 heteroatoms. The highest BCUT2D eigenvalue weighted by atomic mass is 35.5. The fourth-order valence-electron chi connectivity index (χ4n) is 1.83. The molecule has 0 saturated heterocycles. The third-order valence-electron chi connectivity index (χ3n) is 2.74. The average Bonchev–Trinajstić information content (AvgIpc) is 2.36. The molecule has 0 radical (unpaired) electrons. The Bertz CT molecular complexity index is 614. The van der Waals surface area contributed by atoms with E-state index in [0.717, 1.165) is 11.3 Å². The van der Waals surface area contributed by atoms with Gasteiger partial charge in [-0.15, -0.1) is 0 Å². The first-order valence-corrected chi connectivity index (χ1v) is 6.17. The van der Waals surface area contributed by atoms with Gasteiger partial charge in [0.05, 0.1) is 10.5 Å². The molecule has 0 bridgehead atoms. The van der Waals surface area contributed by atoms with Gasteiger partial charge in [-0.1, -0.05) is 23.7 Å². The lowest BCUT2D eigenvalue weighted by atomic mass is 10.1. The van der Waals surface area contributed by atoms with Crippen LogP contribution in [0.3, 0.4) is 0 Å². The Morgan fingerprint density at radius 1 is 1.26 bits per heavy atom. The van der Waals surface area contributed by atoms with Crippen molar-refractivity contribution >= 4 is 23.0 Å². The maximum Gasteiger partial charge on any atom is 0.274 e. The molecule has 0 spiro atoms. The van der Waals surface area contributed by atoms with Crippen LogP contribution in [0.1, 0.15) is 11.1 Å². The summed E-state index contributed by atoms with van der Waals surface area (Å²) in [5, 5.41) is 14.6. The van der Waals surface area contributed by atoms with Crippen molar-refractivity contribution in [2.75, 3.05) is 5.32 Å². The van der Waals surface area contributed by atoms with Crippen LogP contribution in [-0.2, 0) is 6.54 Å². The molecule has 0 saturated carbocycles. The monoisotopic (exact) mass is 276 g/mol. The van der Waals surface area contributed by atoms with E-state index in [9.17, 15) is 10.1 Å². The number of hydrogen-bond acceptors (Lipinski definition) is 3. The minimum Gasteiger partial charge on any atom is -0.381 e. The van der Waals surface area contributed by atoms with Gasteiger partial charge in [-0.25, -0.2) is 0 Å². The van der Waals surface area contributed by atoms with Crippen LogP contribution >= 0.6 is 11.6 Å². The van der Waals surface area contributed by atoms with Gasteiger partial charge in [0, 0.05) is 23.3 Å². The molecule has 2 aromatic rings. The van der Waals surface area contributed by atoms with Crippen LogP contribution in [0, 0.1) is 17.0 Å². The van der Waals surface area contributed by atoms with Gasteiger partial charge >= 0.3 is 0 Å². The zero-order chi connectivity index (χ0) is 13.8. The zero-order valence-corrected chi connectivity index (χ0v) is 11.1. The third-order valence-corrected chi connectivity index (χ3v) is 2.97. The standard InChI is InChI=1S/C14H13ClN2O2/c1-10-3-2-4-13(7-10)16-9-11-8-12(15)5-6-14(11)17(18)19/h2-8,16H,9H2,1H3. The maximum atomic E-state index is 10.9. The lowest BCUT2D eigenvalue weighted by Gasteiger charge is -2.08. The number of nitrogens with one attached hydrogen (secondary N) is 1. The van der Waals surface area contributed by atoms with Crippen LogP contribution in [0.15, 0.2) is 42.5 Å². The quantitative estimate of drug-likeness (QED) is 0.673. The van der Waals surface area contributed by atoms with Gasteiger partial charge in [0.15, 0.2) is 0 Å². The van der Waals surface area contributed by atoms with E-state index >= 15 is 0 Å². The summed E-state index contributed by atoms with van der Waals surface area (Å²) >= 11 is 5.88. The summed E-state index contributed by atoms with van der Waals surface area (Å²) in [6, 6.07) is 12.4. The topological polar surface area (TPSA) is 55.2 Å². The summed E-state index contributed by atoms with van der Waals surface area (Å²) in [6.07, 6.45) is 0. The van der Waals surface area contributed by atoms with Crippen LogP contribution in [0.5, 0.6) is 0 Å². The molecule has 0 fully saturated rings. The van der Waals surface area contributed by atoms with Gasteiger partial charge in [0.2, 0.25) is 0 Å². The van der Waals surface area contributed by atoms with E-state index in [1.807, 2.05) is 31.2 Å². The fourth-order valence-corrected chi connectivity index (χ4v) is 2.02. The predicted molar refractivity (Wildman–Crippen MR) is 76.6 cm³/mol. The number of hydrogen-bond donors (Lipinski definition) is 1. The molecule has 2 rings (SSSR count). The highest BCUT2D eigenvalue weighted by molar-refractivity contribution is 6.30. The Hall–Kier alpha value is -2.07. The predicted octanol–water partition coefficient (Wildman–Crippen LogP) is 4.17. The lowest BCUT2D eigenvalue weighted by molar-refractivity contribution is -0.385. The molecule has 0 aliphatic carbocycles. The second-order valence-electron chi connectivity index (χ2n) is 4.25. The first kappa shape index (κ1) is 13.4. The third kappa shape index (κ3) is 3.45. The number of nitro benzene ring substituents is 1. The second kappa shape index (κ2) is 5.71. The van der Waals surface area contributed by atoms with Gasteiger partial charge in [-0.05, 0) is 36.8 Å². The van der Waals surface area contributed by atoms with Crippen LogP contribution in [0.4, 0.5) is 11.4 Å². The van der Waals surface area contributed by atoms with Gasteiger partial charge < -0.3 is 5.32 Å². The molecule has 0 heterocycles. The number of rotatable bonds is 4. The summed E-state index contributed by atoms with van der Waals surface area (Å²) < 4.78 is 0. The molecule has 0 aliphatic heterocycles. The maximum absolute atomic E-state index is 10.9. The molecular formula is C14H13ClN2O2. The second-order valence-corrected chi connectivity index (χ2v) is 4.69. The van der Waals surface area contributed by atoms with E-state index in [4.69, 9.17) is 11.6 Å². The van der Waals surface area contributed by atoms with E-state index in [2.05, 4.69) is 5.32 Å². The number of nitro groups is 1. The van der Waals surface area contributed by atoms with E-state index in [1.54, 1.807) is 6.07 Å². The zero-order valence-electron chi connectivity index (χ0n) is 10.4. The number of aryl methyl sites for hydroxylation is 1. The van der Waals surface area contributed by atoms with Crippen molar-refractivity contribution in [3.63, 3.8) is 0 Å². The van der Waals surface area contributed by atoms with Gasteiger partial charge in [-0.3, -0.25) is 10.1 Å². The summed E-state index contributed by atoms with van der Waals surface area (Å²) in [6.45, 7) is 2.35. The normalized spacial score (nSPS) is 10.2. The molecule has 1 N–H and O–H groups in total. The molecule has 2 aromatic carbocycles. The van der Waals surface area contributed by atoms with Crippen molar-refractivity contribution in [2.24, 2.45) is 0 Å². The van der Waals surface area contributed by atoms with Crippen LogP contribution in [0.25, 0.3) is 0 Å². The SMILES string of the molecule is Cc1cccc(NCc2cc(Cl)ccc2[N+](=O)[O-])c1. The Morgan fingerprint density at radius 2 is 2.05 bits per heavy atom. The highest BCUT2D eigenvalue weighted by Gasteiger charge is 2.13. The van der Waals surface area contributed by atoms with Crippen molar-refractivity contribution in [1.82, 2.24) is 0 Å². The number of benzene rings is 2. The lowest BCUT2D eigenvalue weighted by Crippen LogP contribution is -2.03. The average molecular weight is 277 g/mol. The number of nitrogens with zero attached hydrogens (tertiary/aromatic N) is 1. The summed E-state index contributed by atoms with van der Waals surface area (Å²) in [4.78, 5) is 10.5. The van der Waals surface area contributed by atoms with Crippen molar-refractivity contribution in [3.8, 4) is 0 Å². The minimum atomic E-state index is -0.399. The van der Waals surface area contributed by atoms with Gasteiger partial charge in [0.1, 0.15) is 0 Å². The molecule has 0 aliphatic rings. The smallest absolute Gasteiger partial charge is 0.274 e. The fraction of sp³-hybridized carbons (Fsp3) is 0.143. The summed E-state index contributed by atoms with van der Waals surface area (Å²) in [5.74, 6) is 0. The first-order valence-electron chi connectivity index (χ1n) is 5.79. The molecule has 0 amide bonds. The Balaban J connectivity index is 2.19. The van der Waals surface area contributed by atoms with E-state index in [0.29, 0.717) is 17.1 Å². The summed E-state index contributed by atoms with van der Waals surface area (Å²) in [5.41, 5.74) is 2.70. The summed E-state index contributed by atoms with van der Waals surface area (Å²) in [7, 11) is 0. The molecular weight excluding hydrogens is 264 g/mol. The van der Waals surface area contributed by atoms with Crippen molar-refractivity contribution in [2.45, 2.75) is 13.5 Å². The van der Waals surface area contributed by atoms with Crippen molar-refractivity contribution in [1.29, 1.82) is 0 Å².